The molecule has 1 saturated heterocycles. The highest BCUT2D eigenvalue weighted by molar-refractivity contribution is 5.84. The average molecular weight is 338 g/mol. The van der Waals surface area contributed by atoms with Crippen molar-refractivity contribution in [1.82, 2.24) is 19.8 Å². The Kier molecular flexibility index (Phi) is 4.34. The number of likely N-dealkylation sites (tertiary alicyclic amines) is 1. The molecular weight excluding hydrogens is 312 g/mol. The van der Waals surface area contributed by atoms with Crippen molar-refractivity contribution in [3.63, 3.8) is 0 Å². The van der Waals surface area contributed by atoms with Crippen molar-refractivity contribution in [2.24, 2.45) is 11.3 Å². The van der Waals surface area contributed by atoms with E-state index in [1.807, 2.05) is 18.1 Å². The molecule has 1 aromatic carbocycles. The van der Waals surface area contributed by atoms with Gasteiger partial charge in [-0.05, 0) is 24.3 Å². The summed E-state index contributed by atoms with van der Waals surface area (Å²) in [6, 6.07) is 10.6. The van der Waals surface area contributed by atoms with E-state index in [0.29, 0.717) is 18.4 Å². The molecule has 25 heavy (non-hydrogen) atoms. The molecule has 0 spiro atoms. The van der Waals surface area contributed by atoms with Gasteiger partial charge < -0.3 is 9.88 Å². The molecule has 2 heterocycles. The Hall–Kier alpha value is -2.14. The molecule has 5 heteroatoms. The third-order valence-corrected chi connectivity index (χ3v) is 5.90. The second-order valence-electron chi connectivity index (χ2n) is 7.60. The minimum absolute atomic E-state index is 0.198. The summed E-state index contributed by atoms with van der Waals surface area (Å²) < 4.78 is 0. The number of fused-ring (bicyclic) bond motifs is 1. The van der Waals surface area contributed by atoms with Crippen LogP contribution in [0.25, 0.3) is 0 Å². The summed E-state index contributed by atoms with van der Waals surface area (Å²) in [7, 11) is 1.91. The van der Waals surface area contributed by atoms with Crippen LogP contribution in [0.5, 0.6) is 0 Å². The number of benzene rings is 1. The Balaban J connectivity index is 1.47. The topological polar surface area (TPSA) is 52.2 Å². The lowest BCUT2D eigenvalue weighted by Crippen LogP contribution is -2.45. The molecule has 1 amide bonds. The number of rotatable bonds is 5. The lowest BCUT2D eigenvalue weighted by Gasteiger charge is -2.32. The summed E-state index contributed by atoms with van der Waals surface area (Å²) in [5.74, 6) is 1.63. The van der Waals surface area contributed by atoms with Gasteiger partial charge in [-0.15, -0.1) is 0 Å². The molecule has 5 nitrogen and oxygen atoms in total. The fourth-order valence-electron chi connectivity index (χ4n) is 4.77. The van der Waals surface area contributed by atoms with E-state index in [1.165, 1.54) is 18.4 Å². The van der Waals surface area contributed by atoms with Crippen LogP contribution in [0.15, 0.2) is 42.7 Å². The van der Waals surface area contributed by atoms with Crippen molar-refractivity contribution in [2.45, 2.75) is 32.4 Å². The Bertz CT molecular complexity index is 715. The maximum atomic E-state index is 13.3. The van der Waals surface area contributed by atoms with E-state index in [-0.39, 0.29) is 5.41 Å². The number of nitrogens with one attached hydrogen (secondary N) is 1. The predicted molar refractivity (Wildman–Crippen MR) is 96.6 cm³/mol. The minimum atomic E-state index is -0.198. The molecule has 2 aliphatic rings. The first kappa shape index (κ1) is 16.3. The fraction of sp³-hybridized carbons (Fsp3) is 0.500. The largest absolute Gasteiger partial charge is 0.347 e. The van der Waals surface area contributed by atoms with Crippen LogP contribution in [-0.2, 0) is 17.9 Å². The van der Waals surface area contributed by atoms with Gasteiger partial charge in [0.1, 0.15) is 5.82 Å². The van der Waals surface area contributed by atoms with E-state index in [9.17, 15) is 4.79 Å². The fourth-order valence-corrected chi connectivity index (χ4v) is 4.77. The number of hydrogen-bond acceptors (Lipinski definition) is 3. The van der Waals surface area contributed by atoms with Crippen LogP contribution < -0.4 is 0 Å². The van der Waals surface area contributed by atoms with Crippen molar-refractivity contribution in [1.29, 1.82) is 0 Å². The quantitative estimate of drug-likeness (QED) is 0.912. The molecule has 4 rings (SSSR count). The van der Waals surface area contributed by atoms with Crippen LogP contribution in [0.3, 0.4) is 0 Å². The van der Waals surface area contributed by atoms with Crippen LogP contribution in [-0.4, -0.2) is 45.8 Å². The molecule has 1 aliphatic heterocycles. The second-order valence-corrected chi connectivity index (χ2v) is 7.60. The first-order valence-electron chi connectivity index (χ1n) is 9.17. The predicted octanol–water partition coefficient (Wildman–Crippen LogP) is 2.67. The molecule has 1 saturated carbocycles. The number of hydrogen-bond donors (Lipinski definition) is 1. The molecule has 2 aromatic rings. The van der Waals surface area contributed by atoms with E-state index in [1.54, 1.807) is 6.20 Å². The first-order valence-corrected chi connectivity index (χ1v) is 9.17. The first-order chi connectivity index (χ1) is 12.2. The van der Waals surface area contributed by atoms with Crippen LogP contribution in [0.2, 0.25) is 0 Å². The third-order valence-electron chi connectivity index (χ3n) is 5.90. The number of H-pyrrole nitrogens is 1. The van der Waals surface area contributed by atoms with Crippen molar-refractivity contribution < 1.29 is 4.79 Å². The molecular formula is C20H26N4O. The Morgan fingerprint density at radius 1 is 1.40 bits per heavy atom. The Labute approximate surface area is 149 Å². The number of aromatic nitrogens is 2. The van der Waals surface area contributed by atoms with E-state index in [2.05, 4.69) is 45.2 Å². The maximum Gasteiger partial charge on any atom is 0.230 e. The monoisotopic (exact) mass is 338 g/mol. The van der Waals surface area contributed by atoms with Crippen molar-refractivity contribution in [3.05, 3.63) is 54.1 Å². The molecule has 1 aliphatic carbocycles. The lowest BCUT2D eigenvalue weighted by molar-refractivity contribution is -0.142. The van der Waals surface area contributed by atoms with Crippen LogP contribution in [0.1, 0.15) is 30.7 Å². The summed E-state index contributed by atoms with van der Waals surface area (Å²) in [5, 5.41) is 0. The Morgan fingerprint density at radius 2 is 2.24 bits per heavy atom. The number of carbonyl (C=O) groups excluding carboxylic acids is 1. The van der Waals surface area contributed by atoms with Gasteiger partial charge in [-0.1, -0.05) is 36.8 Å². The third kappa shape index (κ3) is 3.09. The summed E-state index contributed by atoms with van der Waals surface area (Å²) in [6.45, 7) is 3.41. The highest BCUT2D eigenvalue weighted by Crippen LogP contribution is 2.50. The summed E-state index contributed by atoms with van der Waals surface area (Å²) in [6.07, 6.45) is 6.91. The number of amides is 1. The standard InChI is InChI=1S/C20H26N4O/c1-23(14-18-21-10-11-22-18)19(25)20-9-5-8-17(20)13-24(15-20)12-16-6-3-2-4-7-16/h2-4,6-7,10-11,17H,5,8-9,12-15H2,1H3,(H,21,22)/t17-,20-/m0/s1. The minimum Gasteiger partial charge on any atom is -0.347 e. The molecule has 0 bridgehead atoms. The summed E-state index contributed by atoms with van der Waals surface area (Å²) in [5.41, 5.74) is 1.13. The number of carbonyl (C=O) groups is 1. The van der Waals surface area contributed by atoms with E-state index in [0.717, 1.165) is 31.9 Å². The van der Waals surface area contributed by atoms with Gasteiger partial charge in [0, 0.05) is 39.1 Å². The number of nitrogens with zero attached hydrogens (tertiary/aromatic N) is 3. The maximum absolute atomic E-state index is 13.3. The van der Waals surface area contributed by atoms with E-state index < -0.39 is 0 Å². The normalized spacial score (nSPS) is 25.9. The van der Waals surface area contributed by atoms with Crippen molar-refractivity contribution >= 4 is 5.91 Å². The molecule has 1 N–H and O–H groups in total. The van der Waals surface area contributed by atoms with Gasteiger partial charge >= 0.3 is 0 Å². The average Bonchev–Trinajstić information content (AvgIpc) is 3.31. The molecule has 132 valence electrons. The number of aromatic amines is 1. The molecule has 0 radical (unpaired) electrons. The summed E-state index contributed by atoms with van der Waals surface area (Å²) in [4.78, 5) is 25.0. The zero-order chi connectivity index (χ0) is 17.3. The van der Waals surface area contributed by atoms with Crippen LogP contribution in [0.4, 0.5) is 0 Å². The lowest BCUT2D eigenvalue weighted by atomic mass is 9.79. The van der Waals surface area contributed by atoms with Gasteiger partial charge in [0.05, 0.1) is 12.0 Å². The van der Waals surface area contributed by atoms with Gasteiger partial charge in [0.2, 0.25) is 5.91 Å². The zero-order valence-corrected chi connectivity index (χ0v) is 14.8. The van der Waals surface area contributed by atoms with Crippen molar-refractivity contribution in [3.8, 4) is 0 Å². The molecule has 0 unspecified atom stereocenters. The van der Waals surface area contributed by atoms with Crippen LogP contribution >= 0.6 is 0 Å². The highest BCUT2D eigenvalue weighted by atomic mass is 16.2. The van der Waals surface area contributed by atoms with Gasteiger partial charge in [0.15, 0.2) is 0 Å². The highest BCUT2D eigenvalue weighted by Gasteiger charge is 2.55. The molecule has 2 fully saturated rings. The van der Waals surface area contributed by atoms with Gasteiger partial charge in [0.25, 0.3) is 0 Å². The molecule has 2 atom stereocenters. The van der Waals surface area contributed by atoms with Crippen LogP contribution in [0, 0.1) is 11.3 Å². The van der Waals surface area contributed by atoms with E-state index in [4.69, 9.17) is 0 Å². The van der Waals surface area contributed by atoms with Crippen molar-refractivity contribution in [2.75, 3.05) is 20.1 Å². The number of imidazole rings is 1. The van der Waals surface area contributed by atoms with Gasteiger partial charge in [-0.3, -0.25) is 9.69 Å². The van der Waals surface area contributed by atoms with E-state index >= 15 is 0 Å². The summed E-state index contributed by atoms with van der Waals surface area (Å²) >= 11 is 0. The SMILES string of the molecule is CN(Cc1ncc[nH]1)C(=O)[C@]12CCC[C@H]1CN(Cc1ccccc1)C2. The Morgan fingerprint density at radius 3 is 3.00 bits per heavy atom. The second kappa shape index (κ2) is 6.64. The zero-order valence-electron chi connectivity index (χ0n) is 14.8. The smallest absolute Gasteiger partial charge is 0.230 e. The molecule has 1 aromatic heterocycles. The van der Waals surface area contributed by atoms with Gasteiger partial charge in [-0.25, -0.2) is 4.98 Å². The van der Waals surface area contributed by atoms with Gasteiger partial charge in [-0.2, -0.15) is 0 Å².